The number of nitrogens with two attached hydrogens (primary N) is 1. The van der Waals surface area contributed by atoms with Crippen molar-refractivity contribution in [2.24, 2.45) is 5.73 Å². The molecule has 3 rings (SSSR count). The molecule has 21 heavy (non-hydrogen) atoms. The second-order valence-corrected chi connectivity index (χ2v) is 5.64. The summed E-state index contributed by atoms with van der Waals surface area (Å²) in [5.74, 6) is 0.637. The first-order valence-corrected chi connectivity index (χ1v) is 7.48. The zero-order chi connectivity index (χ0) is 14.7. The van der Waals surface area contributed by atoms with Crippen LogP contribution in [-0.4, -0.2) is 6.10 Å². The molecule has 2 nitrogen and oxygen atoms in total. The Hall–Kier alpha value is -1.87. The highest BCUT2D eigenvalue weighted by Crippen LogP contribution is 2.31. The van der Waals surface area contributed by atoms with E-state index < -0.39 is 0 Å². The summed E-state index contributed by atoms with van der Waals surface area (Å²) in [6, 6.07) is 15.0. The summed E-state index contributed by atoms with van der Waals surface area (Å²) >= 11 is 0. The van der Waals surface area contributed by atoms with Crippen molar-refractivity contribution in [1.82, 2.24) is 0 Å². The van der Waals surface area contributed by atoms with Gasteiger partial charge in [0.2, 0.25) is 0 Å². The van der Waals surface area contributed by atoms with Gasteiger partial charge in [0.25, 0.3) is 0 Å². The maximum absolute atomic E-state index is 13.2. The zero-order valence-corrected chi connectivity index (χ0v) is 12.0. The number of hydrogen-bond acceptors (Lipinski definition) is 2. The molecule has 110 valence electrons. The average molecular weight is 285 g/mol. The Labute approximate surface area is 124 Å². The normalized spacial score (nSPS) is 18.1. The number of hydrogen-bond donors (Lipinski definition) is 1. The van der Waals surface area contributed by atoms with Gasteiger partial charge < -0.3 is 10.5 Å². The first kappa shape index (κ1) is 14.1. The number of fused-ring (bicyclic) bond motifs is 1. The predicted molar refractivity (Wildman–Crippen MR) is 81.7 cm³/mol. The van der Waals surface area contributed by atoms with Gasteiger partial charge in [-0.2, -0.15) is 0 Å². The third kappa shape index (κ3) is 3.42. The molecular weight excluding hydrogens is 265 g/mol. The molecule has 3 heteroatoms. The Morgan fingerprint density at radius 3 is 2.81 bits per heavy atom. The Kier molecular flexibility index (Phi) is 4.20. The smallest absolute Gasteiger partial charge is 0.123 e. The Balaban J connectivity index is 1.47. The van der Waals surface area contributed by atoms with Crippen LogP contribution in [0.2, 0.25) is 0 Å². The highest BCUT2D eigenvalue weighted by atomic mass is 19.1. The molecule has 2 N–H and O–H groups in total. The highest BCUT2D eigenvalue weighted by Gasteiger charge is 2.23. The molecule has 2 aromatic rings. The van der Waals surface area contributed by atoms with Crippen LogP contribution in [0, 0.1) is 5.82 Å². The lowest BCUT2D eigenvalue weighted by Crippen LogP contribution is -2.15. The molecule has 1 aliphatic heterocycles. The second-order valence-electron chi connectivity index (χ2n) is 5.64. The number of rotatable bonds is 5. The lowest BCUT2D eigenvalue weighted by Gasteiger charge is -2.14. The zero-order valence-electron chi connectivity index (χ0n) is 12.0. The molecule has 2 unspecified atom stereocenters. The lowest BCUT2D eigenvalue weighted by molar-refractivity contribution is 0.215. The fraction of sp³-hybridized carbons (Fsp3) is 0.333. The van der Waals surface area contributed by atoms with E-state index in [2.05, 4.69) is 12.1 Å². The van der Waals surface area contributed by atoms with E-state index in [9.17, 15) is 4.39 Å². The Morgan fingerprint density at radius 1 is 1.19 bits per heavy atom. The largest absolute Gasteiger partial charge is 0.490 e. The van der Waals surface area contributed by atoms with E-state index >= 15 is 0 Å². The maximum Gasteiger partial charge on any atom is 0.123 e. The van der Waals surface area contributed by atoms with Crippen molar-refractivity contribution in [2.75, 3.05) is 0 Å². The fourth-order valence-corrected chi connectivity index (χ4v) is 2.88. The fourth-order valence-electron chi connectivity index (χ4n) is 2.88. The molecule has 0 aromatic heterocycles. The van der Waals surface area contributed by atoms with E-state index in [1.54, 1.807) is 12.1 Å². The average Bonchev–Trinajstić information content (AvgIpc) is 2.89. The third-order valence-corrected chi connectivity index (χ3v) is 4.03. The molecule has 0 bridgehead atoms. The van der Waals surface area contributed by atoms with Crippen LogP contribution in [-0.2, 0) is 6.42 Å². The number of ether oxygens (including phenoxy) is 1. The molecule has 0 amide bonds. The van der Waals surface area contributed by atoms with E-state index in [1.165, 1.54) is 11.6 Å². The molecule has 0 spiro atoms. The van der Waals surface area contributed by atoms with Crippen LogP contribution < -0.4 is 10.5 Å². The molecule has 2 atom stereocenters. The molecule has 0 radical (unpaired) electrons. The van der Waals surface area contributed by atoms with E-state index in [0.717, 1.165) is 37.0 Å². The van der Waals surface area contributed by atoms with Gasteiger partial charge in [0.15, 0.2) is 0 Å². The van der Waals surface area contributed by atoms with Crippen molar-refractivity contribution in [2.45, 2.75) is 37.8 Å². The summed E-state index contributed by atoms with van der Waals surface area (Å²) in [5.41, 5.74) is 8.35. The first-order valence-electron chi connectivity index (χ1n) is 7.48. The first-order chi connectivity index (χ1) is 10.2. The maximum atomic E-state index is 13.2. The van der Waals surface area contributed by atoms with E-state index in [0.29, 0.717) is 0 Å². The van der Waals surface area contributed by atoms with Crippen LogP contribution in [0.15, 0.2) is 48.5 Å². The van der Waals surface area contributed by atoms with Crippen LogP contribution in [0.3, 0.4) is 0 Å². The van der Waals surface area contributed by atoms with Crippen molar-refractivity contribution in [3.63, 3.8) is 0 Å². The van der Waals surface area contributed by atoms with E-state index in [4.69, 9.17) is 10.5 Å². The Bertz CT molecular complexity index is 599. The van der Waals surface area contributed by atoms with Crippen LogP contribution >= 0.6 is 0 Å². The summed E-state index contributed by atoms with van der Waals surface area (Å²) in [4.78, 5) is 0. The quantitative estimate of drug-likeness (QED) is 0.901. The van der Waals surface area contributed by atoms with E-state index in [1.807, 2.05) is 18.2 Å². The van der Waals surface area contributed by atoms with Gasteiger partial charge in [-0.1, -0.05) is 30.3 Å². The van der Waals surface area contributed by atoms with E-state index in [-0.39, 0.29) is 18.0 Å². The molecule has 1 heterocycles. The molecular formula is C18H20FNO. The molecule has 0 fully saturated rings. The minimum atomic E-state index is -0.191. The van der Waals surface area contributed by atoms with Gasteiger partial charge in [-0.25, -0.2) is 4.39 Å². The third-order valence-electron chi connectivity index (χ3n) is 4.03. The Morgan fingerprint density at radius 2 is 2.00 bits per heavy atom. The molecule has 0 saturated carbocycles. The standard InChI is InChI=1S/C18H20FNO/c19-15-9-10-18-14(11-15)12-16(21-18)7-4-8-17(20)13-5-2-1-3-6-13/h1-3,5-6,9-11,16-17H,4,7-8,12,20H2. The van der Waals surface area contributed by atoms with Crippen molar-refractivity contribution in [1.29, 1.82) is 0 Å². The van der Waals surface area contributed by atoms with Crippen molar-refractivity contribution >= 4 is 0 Å². The summed E-state index contributed by atoms with van der Waals surface area (Å²) in [6.45, 7) is 0. The van der Waals surface area contributed by atoms with Crippen LogP contribution in [0.4, 0.5) is 4.39 Å². The van der Waals surface area contributed by atoms with Crippen molar-refractivity contribution < 1.29 is 9.13 Å². The monoisotopic (exact) mass is 285 g/mol. The van der Waals surface area contributed by atoms with Crippen molar-refractivity contribution in [3.05, 3.63) is 65.5 Å². The molecule has 2 aromatic carbocycles. The van der Waals surface area contributed by atoms with Gasteiger partial charge in [-0.3, -0.25) is 0 Å². The van der Waals surface area contributed by atoms with Gasteiger partial charge in [-0.15, -0.1) is 0 Å². The molecule has 0 aliphatic carbocycles. The summed E-state index contributed by atoms with van der Waals surface area (Å²) in [7, 11) is 0. The van der Waals surface area contributed by atoms with Gasteiger partial charge >= 0.3 is 0 Å². The second kappa shape index (κ2) is 6.27. The minimum Gasteiger partial charge on any atom is -0.490 e. The van der Waals surface area contributed by atoms with Crippen molar-refractivity contribution in [3.8, 4) is 5.75 Å². The summed E-state index contributed by atoms with van der Waals surface area (Å²) < 4.78 is 19.0. The topological polar surface area (TPSA) is 35.2 Å². The lowest BCUT2D eigenvalue weighted by atomic mass is 9.99. The van der Waals surface area contributed by atoms with Crippen LogP contribution in [0.1, 0.15) is 36.4 Å². The van der Waals surface area contributed by atoms with Crippen LogP contribution in [0.25, 0.3) is 0 Å². The van der Waals surface area contributed by atoms with Gasteiger partial charge in [0, 0.05) is 18.0 Å². The number of halogens is 1. The van der Waals surface area contributed by atoms with Gasteiger partial charge in [0.1, 0.15) is 17.7 Å². The van der Waals surface area contributed by atoms with Crippen LogP contribution in [0.5, 0.6) is 5.75 Å². The summed E-state index contributed by atoms with van der Waals surface area (Å²) in [6.07, 6.45) is 3.86. The SMILES string of the molecule is NC(CCCC1Cc2cc(F)ccc2O1)c1ccccc1. The molecule has 0 saturated heterocycles. The predicted octanol–water partition coefficient (Wildman–Crippen LogP) is 4.00. The molecule has 1 aliphatic rings. The highest BCUT2D eigenvalue weighted by molar-refractivity contribution is 5.37. The summed E-state index contributed by atoms with van der Waals surface area (Å²) in [5, 5.41) is 0. The van der Waals surface area contributed by atoms with Gasteiger partial charge in [-0.05, 0) is 43.0 Å². The number of benzene rings is 2. The minimum absolute atomic E-state index is 0.0763. The van der Waals surface area contributed by atoms with Gasteiger partial charge in [0.05, 0.1) is 0 Å².